The van der Waals surface area contributed by atoms with Crippen LogP contribution >= 0.6 is 22.9 Å². The van der Waals surface area contributed by atoms with Crippen molar-refractivity contribution in [3.05, 3.63) is 87.1 Å². The highest BCUT2D eigenvalue weighted by Gasteiger charge is 2.33. The summed E-state index contributed by atoms with van der Waals surface area (Å²) in [5, 5.41) is 5.75. The van der Waals surface area contributed by atoms with Crippen LogP contribution in [0.2, 0.25) is 5.02 Å². The maximum absolute atomic E-state index is 13.7. The van der Waals surface area contributed by atoms with Gasteiger partial charge in [0.05, 0.1) is 13.5 Å². The summed E-state index contributed by atoms with van der Waals surface area (Å²) in [6, 6.07) is 18.1. The summed E-state index contributed by atoms with van der Waals surface area (Å²) in [5.41, 5.74) is 1.67. The van der Waals surface area contributed by atoms with E-state index in [0.29, 0.717) is 11.6 Å². The Bertz CT molecular complexity index is 1080. The van der Waals surface area contributed by atoms with Gasteiger partial charge in [0.15, 0.2) is 0 Å². The number of benzene rings is 2. The van der Waals surface area contributed by atoms with Gasteiger partial charge < -0.3 is 15.0 Å². The van der Waals surface area contributed by atoms with Gasteiger partial charge in [-0.05, 0) is 59.7 Å². The minimum Gasteiger partial charge on any atom is -0.497 e. The lowest BCUT2D eigenvalue weighted by Gasteiger charge is -2.32. The maximum atomic E-state index is 13.7. The number of nitrogens with zero attached hydrogens (tertiary/aromatic N) is 1. The van der Waals surface area contributed by atoms with Gasteiger partial charge in [0, 0.05) is 22.5 Å². The molecule has 1 fully saturated rings. The Morgan fingerprint density at radius 1 is 1.09 bits per heavy atom. The third-order valence-electron chi connectivity index (χ3n) is 6.19. The molecule has 7 heteroatoms. The molecule has 2 aromatic carbocycles. The van der Waals surface area contributed by atoms with Crippen molar-refractivity contribution in [3.63, 3.8) is 0 Å². The van der Waals surface area contributed by atoms with Crippen LogP contribution in [-0.4, -0.2) is 29.9 Å². The number of methoxy groups -OCH3 is 1. The first-order chi connectivity index (χ1) is 16.5. The van der Waals surface area contributed by atoms with Crippen molar-refractivity contribution in [2.24, 2.45) is 0 Å². The van der Waals surface area contributed by atoms with Crippen LogP contribution in [0, 0.1) is 0 Å². The first kappa shape index (κ1) is 24.3. The Labute approximate surface area is 209 Å². The minimum absolute atomic E-state index is 0.0974. The lowest BCUT2D eigenvalue weighted by Crippen LogP contribution is -2.46. The molecule has 5 nitrogen and oxygen atoms in total. The second kappa shape index (κ2) is 11.5. The van der Waals surface area contributed by atoms with Crippen molar-refractivity contribution in [2.45, 2.75) is 50.7 Å². The number of nitrogens with one attached hydrogen (secondary N) is 1. The number of thiophene rings is 1. The highest BCUT2D eigenvalue weighted by molar-refractivity contribution is 7.10. The zero-order valence-electron chi connectivity index (χ0n) is 19.2. The predicted molar refractivity (Wildman–Crippen MR) is 136 cm³/mol. The van der Waals surface area contributed by atoms with Crippen molar-refractivity contribution in [1.29, 1.82) is 0 Å². The number of hydrogen-bond donors (Lipinski definition) is 1. The molecule has 1 atom stereocenters. The van der Waals surface area contributed by atoms with E-state index in [4.69, 9.17) is 16.3 Å². The number of hydrogen-bond acceptors (Lipinski definition) is 4. The first-order valence-corrected chi connectivity index (χ1v) is 12.8. The molecule has 0 bridgehead atoms. The molecule has 4 rings (SSSR count). The molecule has 0 saturated heterocycles. The number of carbonyl (C=O) groups is 2. The SMILES string of the molecule is COc1ccc(CN(C(=O)Cc2cccs2)C(C(=O)NC2CCCC2)c2ccc(Cl)cc2)cc1. The number of carbonyl (C=O) groups excluding carboxylic acids is 2. The summed E-state index contributed by atoms with van der Waals surface area (Å²) >= 11 is 7.68. The Morgan fingerprint density at radius 2 is 1.79 bits per heavy atom. The molecule has 1 aliphatic carbocycles. The normalized spacial score (nSPS) is 14.5. The van der Waals surface area contributed by atoms with Gasteiger partial charge in [-0.3, -0.25) is 9.59 Å². The van der Waals surface area contributed by atoms with Crippen molar-refractivity contribution >= 4 is 34.8 Å². The number of ether oxygens (including phenoxy) is 1. The molecule has 0 radical (unpaired) electrons. The van der Waals surface area contributed by atoms with Crippen molar-refractivity contribution in [1.82, 2.24) is 10.2 Å². The van der Waals surface area contributed by atoms with Crippen LogP contribution in [0.3, 0.4) is 0 Å². The smallest absolute Gasteiger partial charge is 0.247 e. The van der Waals surface area contributed by atoms with E-state index in [2.05, 4.69) is 5.32 Å². The summed E-state index contributed by atoms with van der Waals surface area (Å²) in [5.74, 6) is 0.496. The molecule has 1 aliphatic rings. The lowest BCUT2D eigenvalue weighted by atomic mass is 10.0. The third-order valence-corrected chi connectivity index (χ3v) is 7.31. The fourth-order valence-electron chi connectivity index (χ4n) is 4.38. The van der Waals surface area contributed by atoms with Crippen LogP contribution in [-0.2, 0) is 22.6 Å². The van der Waals surface area contributed by atoms with Crippen molar-refractivity contribution in [2.75, 3.05) is 7.11 Å². The van der Waals surface area contributed by atoms with Crippen LogP contribution in [0.25, 0.3) is 0 Å². The quantitative estimate of drug-likeness (QED) is 0.408. The largest absolute Gasteiger partial charge is 0.497 e. The molecule has 0 aliphatic heterocycles. The molecule has 0 spiro atoms. The Hall–Kier alpha value is -2.83. The van der Waals surface area contributed by atoms with Gasteiger partial charge in [-0.15, -0.1) is 11.3 Å². The van der Waals surface area contributed by atoms with E-state index >= 15 is 0 Å². The fourth-order valence-corrected chi connectivity index (χ4v) is 5.20. The van der Waals surface area contributed by atoms with E-state index in [1.807, 2.05) is 53.9 Å². The van der Waals surface area contributed by atoms with Gasteiger partial charge in [-0.2, -0.15) is 0 Å². The Balaban J connectivity index is 1.68. The van der Waals surface area contributed by atoms with Gasteiger partial charge in [-0.25, -0.2) is 0 Å². The van der Waals surface area contributed by atoms with Gasteiger partial charge in [0.25, 0.3) is 0 Å². The van der Waals surface area contributed by atoms with E-state index in [-0.39, 0.29) is 24.3 Å². The minimum atomic E-state index is -0.757. The topological polar surface area (TPSA) is 58.6 Å². The van der Waals surface area contributed by atoms with Crippen molar-refractivity contribution in [3.8, 4) is 5.75 Å². The predicted octanol–water partition coefficient (Wildman–Crippen LogP) is 5.78. The van der Waals surface area contributed by atoms with Gasteiger partial charge in [0.1, 0.15) is 11.8 Å². The highest BCUT2D eigenvalue weighted by atomic mass is 35.5. The molecule has 1 aromatic heterocycles. The average molecular weight is 497 g/mol. The summed E-state index contributed by atoms with van der Waals surface area (Å²) in [6.07, 6.45) is 4.42. The molecule has 1 N–H and O–H groups in total. The second-order valence-corrected chi connectivity index (χ2v) is 10.0. The average Bonchev–Trinajstić information content (AvgIpc) is 3.55. The molecule has 1 saturated carbocycles. The summed E-state index contributed by atoms with van der Waals surface area (Å²) in [6.45, 7) is 0.305. The molecule has 1 unspecified atom stereocenters. The van der Waals surface area contributed by atoms with Crippen LogP contribution in [0.1, 0.15) is 47.7 Å². The zero-order chi connectivity index (χ0) is 23.9. The Morgan fingerprint density at radius 3 is 2.41 bits per heavy atom. The van der Waals surface area contributed by atoms with E-state index in [9.17, 15) is 9.59 Å². The van der Waals surface area contributed by atoms with Gasteiger partial charge in [0.2, 0.25) is 11.8 Å². The standard InChI is InChI=1S/C27H29ClN2O3S/c1-33-23-14-8-19(9-15-23)18-30(25(31)17-24-7-4-16-34-24)26(20-10-12-21(28)13-11-20)27(32)29-22-5-2-3-6-22/h4,7-16,22,26H,2-3,5-6,17-18H2,1H3,(H,29,32). The molecule has 178 valence electrons. The second-order valence-electron chi connectivity index (χ2n) is 8.57. The van der Waals surface area contributed by atoms with Crippen LogP contribution < -0.4 is 10.1 Å². The summed E-state index contributed by atoms with van der Waals surface area (Å²) in [7, 11) is 1.62. The number of amides is 2. The van der Waals surface area contributed by atoms with Crippen LogP contribution in [0.4, 0.5) is 0 Å². The molecule has 1 heterocycles. The monoisotopic (exact) mass is 496 g/mol. The molecule has 34 heavy (non-hydrogen) atoms. The third kappa shape index (κ3) is 6.19. The molecular formula is C27H29ClN2O3S. The van der Waals surface area contributed by atoms with Crippen LogP contribution in [0.15, 0.2) is 66.0 Å². The van der Waals surface area contributed by atoms with E-state index in [1.165, 1.54) is 0 Å². The maximum Gasteiger partial charge on any atom is 0.247 e. The number of halogens is 1. The van der Waals surface area contributed by atoms with E-state index < -0.39 is 6.04 Å². The van der Waals surface area contributed by atoms with E-state index in [0.717, 1.165) is 47.4 Å². The molecular weight excluding hydrogens is 468 g/mol. The molecule has 2 amide bonds. The van der Waals surface area contributed by atoms with Crippen molar-refractivity contribution < 1.29 is 14.3 Å². The molecule has 3 aromatic rings. The van der Waals surface area contributed by atoms with Gasteiger partial charge >= 0.3 is 0 Å². The fraction of sp³-hybridized carbons (Fsp3) is 0.333. The zero-order valence-corrected chi connectivity index (χ0v) is 20.8. The van der Waals surface area contributed by atoms with Crippen LogP contribution in [0.5, 0.6) is 5.75 Å². The van der Waals surface area contributed by atoms with E-state index in [1.54, 1.807) is 35.5 Å². The summed E-state index contributed by atoms with van der Waals surface area (Å²) < 4.78 is 5.28. The number of rotatable bonds is 9. The first-order valence-electron chi connectivity index (χ1n) is 11.5. The Kier molecular flexibility index (Phi) is 8.25. The highest BCUT2D eigenvalue weighted by Crippen LogP contribution is 2.28. The lowest BCUT2D eigenvalue weighted by molar-refractivity contribution is -0.141. The van der Waals surface area contributed by atoms with Gasteiger partial charge in [-0.1, -0.05) is 54.8 Å². The summed E-state index contributed by atoms with van der Waals surface area (Å²) in [4.78, 5) is 30.0.